The molecule has 5 heteroatoms. The normalized spacial score (nSPS) is 10.0. The SMILES string of the molecule is Cc1cc(NC(=O)Nc2ccco2)ccc1Br. The predicted octanol–water partition coefficient (Wildman–Crippen LogP) is 3.99. The Bertz CT molecular complexity index is 523. The number of hydrogen-bond donors (Lipinski definition) is 2. The highest BCUT2D eigenvalue weighted by Gasteiger charge is 2.04. The van der Waals surface area contributed by atoms with Crippen molar-refractivity contribution in [2.75, 3.05) is 10.6 Å². The monoisotopic (exact) mass is 294 g/mol. The van der Waals surface area contributed by atoms with Gasteiger partial charge >= 0.3 is 6.03 Å². The Morgan fingerprint density at radius 3 is 2.76 bits per heavy atom. The van der Waals surface area contributed by atoms with Crippen LogP contribution in [0.1, 0.15) is 5.56 Å². The van der Waals surface area contributed by atoms with Gasteiger partial charge in [-0.2, -0.15) is 0 Å². The van der Waals surface area contributed by atoms with Crippen LogP contribution in [0.5, 0.6) is 0 Å². The molecule has 0 bridgehead atoms. The largest absolute Gasteiger partial charge is 0.449 e. The summed E-state index contributed by atoms with van der Waals surface area (Å²) in [6, 6.07) is 8.63. The number of hydrogen-bond acceptors (Lipinski definition) is 2. The molecule has 1 aromatic heterocycles. The molecule has 0 unspecified atom stereocenters. The number of halogens is 1. The third kappa shape index (κ3) is 3.10. The molecule has 0 aliphatic carbocycles. The lowest BCUT2D eigenvalue weighted by Crippen LogP contribution is -2.19. The van der Waals surface area contributed by atoms with Gasteiger partial charge < -0.3 is 9.73 Å². The van der Waals surface area contributed by atoms with Gasteiger partial charge in [-0.3, -0.25) is 5.32 Å². The highest BCUT2D eigenvalue weighted by Crippen LogP contribution is 2.20. The van der Waals surface area contributed by atoms with E-state index in [0.29, 0.717) is 5.88 Å². The first-order valence-corrected chi connectivity index (χ1v) is 5.82. The van der Waals surface area contributed by atoms with Crippen LogP contribution >= 0.6 is 15.9 Å². The van der Waals surface area contributed by atoms with Gasteiger partial charge in [0, 0.05) is 16.2 Å². The average molecular weight is 295 g/mol. The summed E-state index contributed by atoms with van der Waals surface area (Å²) in [4.78, 5) is 11.6. The van der Waals surface area contributed by atoms with Gasteiger partial charge in [0.1, 0.15) is 0 Å². The van der Waals surface area contributed by atoms with E-state index < -0.39 is 0 Å². The van der Waals surface area contributed by atoms with Gasteiger partial charge in [-0.15, -0.1) is 0 Å². The molecule has 0 fully saturated rings. The summed E-state index contributed by atoms with van der Waals surface area (Å²) in [5.41, 5.74) is 1.79. The number of furan rings is 1. The first kappa shape index (κ1) is 11.7. The molecule has 17 heavy (non-hydrogen) atoms. The zero-order valence-electron chi connectivity index (χ0n) is 9.16. The first-order valence-electron chi connectivity index (χ1n) is 5.03. The molecule has 0 radical (unpaired) electrons. The summed E-state index contributed by atoms with van der Waals surface area (Å²) in [6.45, 7) is 1.96. The van der Waals surface area contributed by atoms with E-state index in [4.69, 9.17) is 4.42 Å². The maximum atomic E-state index is 11.6. The summed E-state index contributed by atoms with van der Waals surface area (Å²) in [5.74, 6) is 0.413. The summed E-state index contributed by atoms with van der Waals surface area (Å²) >= 11 is 3.40. The third-order valence-corrected chi connectivity index (χ3v) is 3.06. The molecule has 1 aromatic carbocycles. The molecule has 2 N–H and O–H groups in total. The van der Waals surface area contributed by atoms with Crippen molar-refractivity contribution in [1.82, 2.24) is 0 Å². The molecule has 1 heterocycles. The quantitative estimate of drug-likeness (QED) is 0.880. The van der Waals surface area contributed by atoms with Crippen molar-refractivity contribution >= 4 is 33.5 Å². The number of carbonyl (C=O) groups excluding carboxylic acids is 1. The van der Waals surface area contributed by atoms with E-state index in [1.165, 1.54) is 6.26 Å². The van der Waals surface area contributed by atoms with Gasteiger partial charge in [-0.1, -0.05) is 15.9 Å². The second-order valence-corrected chi connectivity index (χ2v) is 4.37. The molecule has 0 saturated heterocycles. The van der Waals surface area contributed by atoms with Gasteiger partial charge in [-0.25, -0.2) is 4.79 Å². The second-order valence-electron chi connectivity index (χ2n) is 3.52. The fraction of sp³-hybridized carbons (Fsp3) is 0.0833. The molecule has 2 aromatic rings. The van der Waals surface area contributed by atoms with E-state index in [0.717, 1.165) is 15.7 Å². The van der Waals surface area contributed by atoms with Crippen LogP contribution in [0.4, 0.5) is 16.4 Å². The molecular weight excluding hydrogens is 284 g/mol. The zero-order valence-corrected chi connectivity index (χ0v) is 10.7. The van der Waals surface area contributed by atoms with Crippen LogP contribution in [0.3, 0.4) is 0 Å². The van der Waals surface area contributed by atoms with Gasteiger partial charge in [0.2, 0.25) is 5.88 Å². The van der Waals surface area contributed by atoms with Crippen LogP contribution < -0.4 is 10.6 Å². The van der Waals surface area contributed by atoms with Gasteiger partial charge in [0.25, 0.3) is 0 Å². The molecule has 0 aliphatic heterocycles. The van der Waals surface area contributed by atoms with Crippen molar-refractivity contribution in [2.45, 2.75) is 6.92 Å². The number of amides is 2. The minimum absolute atomic E-state index is 0.332. The van der Waals surface area contributed by atoms with E-state index in [-0.39, 0.29) is 6.03 Å². The van der Waals surface area contributed by atoms with Crippen LogP contribution in [0, 0.1) is 6.92 Å². The van der Waals surface area contributed by atoms with Crippen LogP contribution in [-0.4, -0.2) is 6.03 Å². The summed E-state index contributed by atoms with van der Waals surface area (Å²) in [5, 5.41) is 5.29. The molecule has 0 spiro atoms. The van der Waals surface area contributed by atoms with Crippen LogP contribution in [0.15, 0.2) is 45.5 Å². The zero-order chi connectivity index (χ0) is 12.3. The molecular formula is C12H11BrN2O2. The maximum Gasteiger partial charge on any atom is 0.326 e. The predicted molar refractivity (Wildman–Crippen MR) is 70.2 cm³/mol. The minimum Gasteiger partial charge on any atom is -0.449 e. The van der Waals surface area contributed by atoms with Gasteiger partial charge in [0.05, 0.1) is 6.26 Å². The van der Waals surface area contributed by atoms with Crippen molar-refractivity contribution in [1.29, 1.82) is 0 Å². The number of rotatable bonds is 2. The van der Waals surface area contributed by atoms with E-state index in [1.54, 1.807) is 12.1 Å². The number of aryl methyl sites for hydroxylation is 1. The Balaban J connectivity index is 2.00. The number of nitrogens with one attached hydrogen (secondary N) is 2. The molecule has 0 saturated carbocycles. The topological polar surface area (TPSA) is 54.3 Å². The standard InChI is InChI=1S/C12H11BrN2O2/c1-8-7-9(4-5-10(8)13)14-12(16)15-11-3-2-6-17-11/h2-7H,1H3,(H2,14,15,16). The average Bonchev–Trinajstić information content (AvgIpc) is 2.76. The van der Waals surface area contributed by atoms with E-state index >= 15 is 0 Å². The maximum absolute atomic E-state index is 11.6. The molecule has 2 rings (SSSR count). The lowest BCUT2D eigenvalue weighted by molar-refractivity contribution is 0.261. The van der Waals surface area contributed by atoms with Crippen molar-refractivity contribution < 1.29 is 9.21 Å². The molecule has 4 nitrogen and oxygen atoms in total. The Kier molecular flexibility index (Phi) is 3.49. The van der Waals surface area contributed by atoms with Gasteiger partial charge in [0.15, 0.2) is 0 Å². The molecule has 0 aliphatic rings. The number of urea groups is 1. The van der Waals surface area contributed by atoms with Crippen molar-refractivity contribution in [3.05, 3.63) is 46.6 Å². The molecule has 2 amide bonds. The van der Waals surface area contributed by atoms with Crippen LogP contribution in [-0.2, 0) is 0 Å². The Morgan fingerprint density at radius 2 is 2.12 bits per heavy atom. The Morgan fingerprint density at radius 1 is 1.29 bits per heavy atom. The van der Waals surface area contributed by atoms with E-state index in [1.807, 2.05) is 25.1 Å². The summed E-state index contributed by atoms with van der Waals surface area (Å²) in [6.07, 6.45) is 1.50. The number of carbonyl (C=O) groups is 1. The number of anilines is 2. The molecule has 88 valence electrons. The lowest BCUT2D eigenvalue weighted by Gasteiger charge is -2.07. The van der Waals surface area contributed by atoms with Gasteiger partial charge in [-0.05, 0) is 36.8 Å². The molecule has 0 atom stereocenters. The smallest absolute Gasteiger partial charge is 0.326 e. The fourth-order valence-electron chi connectivity index (χ4n) is 1.35. The van der Waals surface area contributed by atoms with Crippen LogP contribution in [0.2, 0.25) is 0 Å². The fourth-order valence-corrected chi connectivity index (χ4v) is 1.59. The van der Waals surface area contributed by atoms with Crippen molar-refractivity contribution in [3.8, 4) is 0 Å². The highest BCUT2D eigenvalue weighted by molar-refractivity contribution is 9.10. The lowest BCUT2D eigenvalue weighted by atomic mass is 10.2. The summed E-state index contributed by atoms with van der Waals surface area (Å²) in [7, 11) is 0. The second kappa shape index (κ2) is 5.05. The Labute approximate surface area is 107 Å². The van der Waals surface area contributed by atoms with Crippen LogP contribution in [0.25, 0.3) is 0 Å². The van der Waals surface area contributed by atoms with Crippen molar-refractivity contribution in [3.63, 3.8) is 0 Å². The van der Waals surface area contributed by atoms with Crippen molar-refractivity contribution in [2.24, 2.45) is 0 Å². The first-order chi connectivity index (χ1) is 8.15. The number of benzene rings is 1. The highest BCUT2D eigenvalue weighted by atomic mass is 79.9. The summed E-state index contributed by atoms with van der Waals surface area (Å²) < 4.78 is 6.01. The Hall–Kier alpha value is -1.75. The minimum atomic E-state index is -0.332. The third-order valence-electron chi connectivity index (χ3n) is 2.17. The van der Waals surface area contributed by atoms with E-state index in [9.17, 15) is 4.79 Å². The van der Waals surface area contributed by atoms with E-state index in [2.05, 4.69) is 26.6 Å².